The van der Waals surface area contributed by atoms with Crippen molar-refractivity contribution in [1.29, 1.82) is 0 Å². The maximum atomic E-state index is 12.5. The quantitative estimate of drug-likeness (QED) is 0.889. The minimum Gasteiger partial charge on any atom is -0.481 e. The Kier molecular flexibility index (Phi) is 3.62. The molecular formula is C15H16N4O3. The van der Waals surface area contributed by atoms with Crippen LogP contribution in [0.25, 0.3) is 11.4 Å². The lowest BCUT2D eigenvalue weighted by atomic mass is 9.99. The molecule has 1 aromatic carbocycles. The first-order chi connectivity index (χ1) is 10.6. The van der Waals surface area contributed by atoms with Gasteiger partial charge < -0.3 is 10.0 Å². The van der Waals surface area contributed by atoms with Crippen molar-refractivity contribution in [3.05, 3.63) is 36.2 Å². The third-order valence-corrected chi connectivity index (χ3v) is 4.04. The van der Waals surface area contributed by atoms with Gasteiger partial charge in [0.2, 0.25) is 0 Å². The van der Waals surface area contributed by atoms with E-state index < -0.39 is 11.9 Å². The summed E-state index contributed by atoms with van der Waals surface area (Å²) in [4.78, 5) is 29.2. The molecule has 7 nitrogen and oxygen atoms in total. The molecule has 0 radical (unpaired) electrons. The summed E-state index contributed by atoms with van der Waals surface area (Å²) in [7, 11) is 0. The van der Waals surface area contributed by atoms with Crippen molar-refractivity contribution < 1.29 is 14.7 Å². The van der Waals surface area contributed by atoms with Crippen LogP contribution in [0.3, 0.4) is 0 Å². The summed E-state index contributed by atoms with van der Waals surface area (Å²) in [5.74, 6) is -0.866. The Labute approximate surface area is 127 Å². The zero-order chi connectivity index (χ0) is 15.7. The predicted molar refractivity (Wildman–Crippen MR) is 78.0 cm³/mol. The smallest absolute Gasteiger partial charge is 0.308 e. The molecule has 0 spiro atoms. The summed E-state index contributed by atoms with van der Waals surface area (Å²) < 4.78 is 0. The van der Waals surface area contributed by atoms with E-state index in [4.69, 9.17) is 5.11 Å². The standard InChI is InChI=1S/C15H16N4O3/c1-9-6-19(7-12(9)15(21)22)14(20)11-4-2-10(3-5-11)13-16-8-17-18-13/h2-5,8-9,12H,6-7H2,1H3,(H,21,22)(H,16,17,18)/t9-,12-/m1/s1. The van der Waals surface area contributed by atoms with Gasteiger partial charge in [-0.3, -0.25) is 14.7 Å². The van der Waals surface area contributed by atoms with E-state index in [0.29, 0.717) is 17.9 Å². The van der Waals surface area contributed by atoms with Crippen LogP contribution in [0.2, 0.25) is 0 Å². The van der Waals surface area contributed by atoms with E-state index in [0.717, 1.165) is 5.56 Å². The van der Waals surface area contributed by atoms with Crippen LogP contribution in [0, 0.1) is 11.8 Å². The molecule has 0 aliphatic carbocycles. The fourth-order valence-electron chi connectivity index (χ4n) is 2.75. The Morgan fingerprint density at radius 3 is 2.55 bits per heavy atom. The molecule has 2 aromatic rings. The van der Waals surface area contributed by atoms with Gasteiger partial charge >= 0.3 is 5.97 Å². The van der Waals surface area contributed by atoms with Crippen LogP contribution in [0.4, 0.5) is 0 Å². The molecular weight excluding hydrogens is 284 g/mol. The molecule has 0 unspecified atom stereocenters. The number of H-pyrrole nitrogens is 1. The zero-order valence-corrected chi connectivity index (χ0v) is 12.1. The fraction of sp³-hybridized carbons (Fsp3) is 0.333. The van der Waals surface area contributed by atoms with Crippen LogP contribution < -0.4 is 0 Å². The molecule has 1 aromatic heterocycles. The number of carboxylic acids is 1. The Balaban J connectivity index is 1.74. The number of hydrogen-bond acceptors (Lipinski definition) is 4. The number of rotatable bonds is 3. The highest BCUT2D eigenvalue weighted by Crippen LogP contribution is 2.25. The molecule has 0 saturated carbocycles. The number of aliphatic carboxylic acids is 1. The van der Waals surface area contributed by atoms with Crippen molar-refractivity contribution in [2.75, 3.05) is 13.1 Å². The van der Waals surface area contributed by atoms with E-state index >= 15 is 0 Å². The summed E-state index contributed by atoms with van der Waals surface area (Å²) in [6, 6.07) is 7.03. The maximum Gasteiger partial charge on any atom is 0.308 e. The van der Waals surface area contributed by atoms with Crippen LogP contribution in [-0.4, -0.2) is 50.2 Å². The Bertz CT molecular complexity index is 681. The topological polar surface area (TPSA) is 99.2 Å². The van der Waals surface area contributed by atoms with Gasteiger partial charge in [0.05, 0.1) is 5.92 Å². The molecule has 3 rings (SSSR count). The van der Waals surface area contributed by atoms with Crippen LogP contribution in [0.15, 0.2) is 30.6 Å². The SMILES string of the molecule is C[C@@H]1CN(C(=O)c2ccc(-c3ncn[nH]3)cc2)C[C@H]1C(=O)O. The number of nitrogens with one attached hydrogen (secondary N) is 1. The van der Waals surface area contributed by atoms with Crippen molar-refractivity contribution in [3.63, 3.8) is 0 Å². The van der Waals surface area contributed by atoms with Crippen LogP contribution in [0.1, 0.15) is 17.3 Å². The fourth-order valence-corrected chi connectivity index (χ4v) is 2.75. The third-order valence-electron chi connectivity index (χ3n) is 4.04. The van der Waals surface area contributed by atoms with Gasteiger partial charge in [-0.25, -0.2) is 4.98 Å². The lowest BCUT2D eigenvalue weighted by Crippen LogP contribution is -2.29. The Hall–Kier alpha value is -2.70. The molecule has 1 aliphatic heterocycles. The van der Waals surface area contributed by atoms with E-state index in [1.54, 1.807) is 29.2 Å². The minimum atomic E-state index is -0.844. The molecule has 1 fully saturated rings. The molecule has 2 N–H and O–H groups in total. The first kappa shape index (κ1) is 14.2. The zero-order valence-electron chi connectivity index (χ0n) is 12.1. The molecule has 22 heavy (non-hydrogen) atoms. The average molecular weight is 300 g/mol. The molecule has 1 amide bonds. The van der Waals surface area contributed by atoms with E-state index in [1.807, 2.05) is 6.92 Å². The molecule has 1 saturated heterocycles. The first-order valence-electron chi connectivity index (χ1n) is 7.04. The number of likely N-dealkylation sites (tertiary alicyclic amines) is 1. The van der Waals surface area contributed by atoms with E-state index in [2.05, 4.69) is 15.2 Å². The van der Waals surface area contributed by atoms with E-state index in [9.17, 15) is 9.59 Å². The van der Waals surface area contributed by atoms with Gasteiger partial charge in [0.15, 0.2) is 5.82 Å². The molecule has 7 heteroatoms. The molecule has 114 valence electrons. The first-order valence-corrected chi connectivity index (χ1v) is 7.04. The number of benzene rings is 1. The summed E-state index contributed by atoms with van der Waals surface area (Å²) in [5.41, 5.74) is 1.38. The number of hydrogen-bond donors (Lipinski definition) is 2. The van der Waals surface area contributed by atoms with Gasteiger partial charge in [-0.15, -0.1) is 0 Å². The largest absolute Gasteiger partial charge is 0.481 e. The lowest BCUT2D eigenvalue weighted by Gasteiger charge is -2.16. The highest BCUT2D eigenvalue weighted by Gasteiger charge is 2.37. The number of aromatic nitrogens is 3. The van der Waals surface area contributed by atoms with Gasteiger partial charge in [0.25, 0.3) is 5.91 Å². The van der Waals surface area contributed by atoms with Crippen LogP contribution in [-0.2, 0) is 4.79 Å². The highest BCUT2D eigenvalue weighted by atomic mass is 16.4. The Morgan fingerprint density at radius 1 is 1.27 bits per heavy atom. The molecule has 2 atom stereocenters. The van der Waals surface area contributed by atoms with Crippen molar-refractivity contribution in [2.24, 2.45) is 11.8 Å². The van der Waals surface area contributed by atoms with E-state index in [1.165, 1.54) is 6.33 Å². The number of carbonyl (C=O) groups is 2. The number of nitrogens with zero attached hydrogens (tertiary/aromatic N) is 3. The van der Waals surface area contributed by atoms with Crippen LogP contribution >= 0.6 is 0 Å². The van der Waals surface area contributed by atoms with Crippen molar-refractivity contribution >= 4 is 11.9 Å². The van der Waals surface area contributed by atoms with Crippen molar-refractivity contribution in [1.82, 2.24) is 20.1 Å². The average Bonchev–Trinajstić information content (AvgIpc) is 3.16. The van der Waals surface area contributed by atoms with Crippen molar-refractivity contribution in [3.8, 4) is 11.4 Å². The predicted octanol–water partition coefficient (Wildman–Crippen LogP) is 1.26. The number of amides is 1. The second kappa shape index (κ2) is 5.59. The number of aromatic amines is 1. The summed E-state index contributed by atoms with van der Waals surface area (Å²) in [5, 5.41) is 15.7. The minimum absolute atomic E-state index is 0.0325. The van der Waals surface area contributed by atoms with Gasteiger partial charge in [0.1, 0.15) is 6.33 Å². The Morgan fingerprint density at radius 2 is 2.00 bits per heavy atom. The van der Waals surface area contributed by atoms with Crippen LogP contribution in [0.5, 0.6) is 0 Å². The monoisotopic (exact) mass is 300 g/mol. The summed E-state index contributed by atoms with van der Waals surface area (Å²) in [6.45, 7) is 2.60. The van der Waals surface area contributed by atoms with Gasteiger partial charge in [-0.2, -0.15) is 5.10 Å². The third kappa shape index (κ3) is 2.57. The number of carboxylic acid groups (broad SMARTS) is 1. The van der Waals surface area contributed by atoms with Gasteiger partial charge in [0, 0.05) is 24.2 Å². The molecule has 1 aliphatic rings. The highest BCUT2D eigenvalue weighted by molar-refractivity contribution is 5.95. The maximum absolute atomic E-state index is 12.5. The molecule has 0 bridgehead atoms. The number of carbonyl (C=O) groups excluding carboxylic acids is 1. The van der Waals surface area contributed by atoms with Crippen molar-refractivity contribution in [2.45, 2.75) is 6.92 Å². The normalized spacial score (nSPS) is 21.0. The van der Waals surface area contributed by atoms with E-state index in [-0.39, 0.29) is 18.4 Å². The second-order valence-electron chi connectivity index (χ2n) is 5.54. The van der Waals surface area contributed by atoms with Gasteiger partial charge in [-0.05, 0) is 18.1 Å². The lowest BCUT2D eigenvalue weighted by molar-refractivity contribution is -0.142. The van der Waals surface area contributed by atoms with Gasteiger partial charge in [-0.1, -0.05) is 19.1 Å². The summed E-state index contributed by atoms with van der Waals surface area (Å²) in [6.07, 6.45) is 1.42. The molecule has 2 heterocycles. The second-order valence-corrected chi connectivity index (χ2v) is 5.54. The summed E-state index contributed by atoms with van der Waals surface area (Å²) >= 11 is 0.